The smallest absolute Gasteiger partial charge is 0.348 e. The third-order valence-corrected chi connectivity index (χ3v) is 2.76. The van der Waals surface area contributed by atoms with Crippen LogP contribution in [0.3, 0.4) is 0 Å². The number of ketones is 1. The Morgan fingerprint density at radius 1 is 1.67 bits per heavy atom. The second-order valence-electron chi connectivity index (χ2n) is 4.01. The number of carbonyl (C=O) groups excluding carboxylic acids is 1. The predicted molar refractivity (Wildman–Crippen MR) is 59.1 cm³/mol. The van der Waals surface area contributed by atoms with Crippen LogP contribution in [0.5, 0.6) is 0 Å². The topological polar surface area (TPSA) is 104 Å². The summed E-state index contributed by atoms with van der Waals surface area (Å²) in [5.41, 5.74) is -0.988. The summed E-state index contributed by atoms with van der Waals surface area (Å²) in [4.78, 5) is 36.5. The van der Waals surface area contributed by atoms with E-state index in [1.165, 1.54) is 0 Å². The first kappa shape index (κ1) is 12.4. The van der Waals surface area contributed by atoms with Crippen molar-refractivity contribution >= 4 is 11.5 Å². The molecule has 1 saturated heterocycles. The molecule has 0 bridgehead atoms. The molecule has 18 heavy (non-hydrogen) atoms. The first-order chi connectivity index (χ1) is 8.58. The van der Waals surface area contributed by atoms with Gasteiger partial charge in [0.25, 0.3) is 0 Å². The normalized spacial score (nSPS) is 18.8. The molecule has 0 aromatic carbocycles. The number of nitro groups is 1. The molecular formula is C10H11N3O5. The van der Waals surface area contributed by atoms with Crippen LogP contribution in [-0.2, 0) is 16.1 Å². The predicted octanol–water partition coefficient (Wildman–Crippen LogP) is -0.243. The Morgan fingerprint density at radius 2 is 2.44 bits per heavy atom. The molecule has 1 aromatic rings. The van der Waals surface area contributed by atoms with E-state index in [4.69, 9.17) is 4.74 Å². The molecule has 1 aliphatic heterocycles. The van der Waals surface area contributed by atoms with Gasteiger partial charge in [0.2, 0.25) is 0 Å². The van der Waals surface area contributed by atoms with Crippen molar-refractivity contribution in [2.24, 2.45) is 5.92 Å². The highest BCUT2D eigenvalue weighted by Crippen LogP contribution is 2.14. The second-order valence-corrected chi connectivity index (χ2v) is 4.01. The van der Waals surface area contributed by atoms with E-state index < -0.39 is 10.6 Å². The van der Waals surface area contributed by atoms with Gasteiger partial charge in [-0.3, -0.25) is 19.5 Å². The first-order valence-corrected chi connectivity index (χ1v) is 5.39. The Kier molecular flexibility index (Phi) is 3.47. The molecule has 0 spiro atoms. The van der Waals surface area contributed by atoms with E-state index in [2.05, 4.69) is 4.98 Å². The fourth-order valence-electron chi connectivity index (χ4n) is 1.74. The van der Waals surface area contributed by atoms with Crippen LogP contribution in [0.15, 0.2) is 17.2 Å². The number of Topliss-reactive ketones (excluding diaryl/α,β-unsaturated/α-hetero) is 1. The average Bonchev–Trinajstić information content (AvgIpc) is 2.85. The maximum atomic E-state index is 11.8. The van der Waals surface area contributed by atoms with Crippen molar-refractivity contribution < 1.29 is 14.5 Å². The van der Waals surface area contributed by atoms with Crippen molar-refractivity contribution in [3.8, 4) is 0 Å². The molecule has 8 heteroatoms. The monoisotopic (exact) mass is 253 g/mol. The molecule has 8 nitrogen and oxygen atoms in total. The summed E-state index contributed by atoms with van der Waals surface area (Å²) >= 11 is 0. The zero-order valence-electron chi connectivity index (χ0n) is 9.44. The van der Waals surface area contributed by atoms with Crippen LogP contribution >= 0.6 is 0 Å². The minimum absolute atomic E-state index is 0.170. The summed E-state index contributed by atoms with van der Waals surface area (Å²) in [6.07, 6.45) is 2.53. The van der Waals surface area contributed by atoms with Crippen LogP contribution < -0.4 is 5.69 Å². The zero-order valence-corrected chi connectivity index (χ0v) is 9.44. The van der Waals surface area contributed by atoms with Gasteiger partial charge in [-0.05, 0) is 6.42 Å². The fraction of sp³-hybridized carbons (Fsp3) is 0.500. The van der Waals surface area contributed by atoms with Crippen molar-refractivity contribution in [2.75, 3.05) is 13.2 Å². The fourth-order valence-corrected chi connectivity index (χ4v) is 1.74. The highest BCUT2D eigenvalue weighted by Gasteiger charge is 2.24. The summed E-state index contributed by atoms with van der Waals surface area (Å²) in [7, 11) is 0. The largest absolute Gasteiger partial charge is 0.381 e. The molecule has 1 atom stereocenters. The van der Waals surface area contributed by atoms with E-state index >= 15 is 0 Å². The van der Waals surface area contributed by atoms with Crippen LogP contribution in [0, 0.1) is 16.0 Å². The van der Waals surface area contributed by atoms with Gasteiger partial charge in [0.15, 0.2) is 5.78 Å². The molecule has 0 amide bonds. The summed E-state index contributed by atoms with van der Waals surface area (Å²) in [5.74, 6) is -0.409. The molecule has 1 aromatic heterocycles. The van der Waals surface area contributed by atoms with Crippen molar-refractivity contribution in [1.82, 2.24) is 9.55 Å². The lowest BCUT2D eigenvalue weighted by molar-refractivity contribution is -0.385. The Labute approximate surface area is 101 Å². The van der Waals surface area contributed by atoms with Crippen LogP contribution in [0.2, 0.25) is 0 Å². The minimum Gasteiger partial charge on any atom is -0.381 e. The van der Waals surface area contributed by atoms with Gasteiger partial charge in [-0.15, -0.1) is 0 Å². The Hall–Kier alpha value is -2.09. The molecule has 96 valence electrons. The minimum atomic E-state index is -0.673. The van der Waals surface area contributed by atoms with Gasteiger partial charge in [-0.2, -0.15) is 4.98 Å². The number of nitrogens with zero attached hydrogens (tertiary/aromatic N) is 3. The third kappa shape index (κ3) is 2.59. The molecule has 0 aliphatic carbocycles. The van der Waals surface area contributed by atoms with Gasteiger partial charge in [0, 0.05) is 12.5 Å². The highest BCUT2D eigenvalue weighted by molar-refractivity contribution is 5.81. The van der Waals surface area contributed by atoms with Gasteiger partial charge in [0.05, 0.1) is 24.3 Å². The first-order valence-electron chi connectivity index (χ1n) is 5.39. The van der Waals surface area contributed by atoms with Crippen molar-refractivity contribution in [1.29, 1.82) is 0 Å². The molecule has 0 saturated carbocycles. The molecule has 1 aliphatic rings. The summed E-state index contributed by atoms with van der Waals surface area (Å²) < 4.78 is 6.03. The van der Waals surface area contributed by atoms with E-state index in [1.54, 1.807) is 0 Å². The summed E-state index contributed by atoms with van der Waals surface area (Å²) in [6.45, 7) is 0.663. The SMILES string of the molecule is O=C(Cn1cc([N+](=O)[O-])cnc1=O)C1CCOC1. The van der Waals surface area contributed by atoms with Gasteiger partial charge < -0.3 is 4.74 Å². The molecule has 0 radical (unpaired) electrons. The number of hydrogen-bond donors (Lipinski definition) is 0. The standard InChI is InChI=1S/C10H11N3O5/c14-9(7-1-2-18-6-7)5-12-4-8(13(16)17)3-11-10(12)15/h3-4,7H,1-2,5-6H2. The maximum Gasteiger partial charge on any atom is 0.348 e. The zero-order chi connectivity index (χ0) is 13.1. The van der Waals surface area contributed by atoms with Crippen LogP contribution in [0.1, 0.15) is 6.42 Å². The lowest BCUT2D eigenvalue weighted by Crippen LogP contribution is -2.29. The van der Waals surface area contributed by atoms with Gasteiger partial charge >= 0.3 is 11.4 Å². The van der Waals surface area contributed by atoms with E-state index in [1.807, 2.05) is 0 Å². The number of carbonyl (C=O) groups is 1. The van der Waals surface area contributed by atoms with E-state index in [-0.39, 0.29) is 23.9 Å². The van der Waals surface area contributed by atoms with Crippen LogP contribution in [0.4, 0.5) is 5.69 Å². The molecular weight excluding hydrogens is 242 g/mol. The number of hydrogen-bond acceptors (Lipinski definition) is 6. The number of ether oxygens (including phenoxy) is 1. The van der Waals surface area contributed by atoms with E-state index in [0.29, 0.717) is 19.6 Å². The molecule has 0 N–H and O–H groups in total. The molecule has 1 fully saturated rings. The summed E-state index contributed by atoms with van der Waals surface area (Å²) in [6, 6.07) is 0. The van der Waals surface area contributed by atoms with E-state index in [0.717, 1.165) is 17.0 Å². The molecule has 2 rings (SSSR count). The second kappa shape index (κ2) is 5.05. The highest BCUT2D eigenvalue weighted by atomic mass is 16.6. The Bertz CT molecular complexity index is 533. The Morgan fingerprint density at radius 3 is 3.06 bits per heavy atom. The lowest BCUT2D eigenvalue weighted by Gasteiger charge is -2.07. The average molecular weight is 253 g/mol. The van der Waals surface area contributed by atoms with Crippen molar-refractivity contribution in [3.63, 3.8) is 0 Å². The van der Waals surface area contributed by atoms with Gasteiger partial charge in [0.1, 0.15) is 6.20 Å². The summed E-state index contributed by atoms with van der Waals surface area (Å²) in [5, 5.41) is 10.6. The van der Waals surface area contributed by atoms with E-state index in [9.17, 15) is 19.7 Å². The Balaban J connectivity index is 2.17. The van der Waals surface area contributed by atoms with Crippen LogP contribution in [0.25, 0.3) is 0 Å². The van der Waals surface area contributed by atoms with Crippen LogP contribution in [-0.4, -0.2) is 33.5 Å². The quantitative estimate of drug-likeness (QED) is 0.541. The molecule has 2 heterocycles. The van der Waals surface area contributed by atoms with Crippen molar-refractivity contribution in [3.05, 3.63) is 33.0 Å². The van der Waals surface area contributed by atoms with Gasteiger partial charge in [-0.25, -0.2) is 4.79 Å². The third-order valence-electron chi connectivity index (χ3n) is 2.76. The van der Waals surface area contributed by atoms with Crippen molar-refractivity contribution in [2.45, 2.75) is 13.0 Å². The van der Waals surface area contributed by atoms with Gasteiger partial charge in [-0.1, -0.05) is 0 Å². The number of aromatic nitrogens is 2. The maximum absolute atomic E-state index is 11.8. The number of rotatable bonds is 4. The lowest BCUT2D eigenvalue weighted by atomic mass is 10.0. The molecule has 1 unspecified atom stereocenters.